The zero-order valence-corrected chi connectivity index (χ0v) is 13.0. The Balaban J connectivity index is 1.75. The molecule has 2 rings (SSSR count). The fraction of sp³-hybridized carbons (Fsp3) is 0.500. The fourth-order valence-corrected chi connectivity index (χ4v) is 3.63. The Kier molecular flexibility index (Phi) is 5.48. The average Bonchev–Trinajstić information content (AvgIpc) is 2.75. The standard InChI is InChI=1S/C14H20N2OS2/c1-10(2)5-6-17-7-8-18-14-16-12-4-3-11(15)9-13(12)19-14/h3-4,9-10H,5-8,15H2,1-2H3. The SMILES string of the molecule is CC(C)CCOCCSc1nc2ccc(N)cc2s1. The first-order valence-electron chi connectivity index (χ1n) is 6.52. The van der Waals surface area contributed by atoms with Crippen molar-refractivity contribution in [3.05, 3.63) is 18.2 Å². The van der Waals surface area contributed by atoms with E-state index < -0.39 is 0 Å². The number of thioether (sulfide) groups is 1. The molecule has 1 aromatic heterocycles. The maximum atomic E-state index is 5.76. The largest absolute Gasteiger partial charge is 0.399 e. The third kappa shape index (κ3) is 4.67. The molecule has 0 aliphatic heterocycles. The van der Waals surface area contributed by atoms with E-state index in [1.165, 1.54) is 0 Å². The number of aromatic nitrogens is 1. The molecule has 1 aromatic carbocycles. The summed E-state index contributed by atoms with van der Waals surface area (Å²) in [5.41, 5.74) is 7.59. The first-order chi connectivity index (χ1) is 9.15. The zero-order chi connectivity index (χ0) is 13.7. The summed E-state index contributed by atoms with van der Waals surface area (Å²) in [4.78, 5) is 4.57. The summed E-state index contributed by atoms with van der Waals surface area (Å²) in [5.74, 6) is 1.66. The van der Waals surface area contributed by atoms with E-state index in [4.69, 9.17) is 10.5 Å². The third-order valence-corrected chi connectivity index (χ3v) is 4.81. The molecular formula is C14H20N2OS2. The third-order valence-electron chi connectivity index (χ3n) is 2.69. The highest BCUT2D eigenvalue weighted by Crippen LogP contribution is 2.30. The van der Waals surface area contributed by atoms with Gasteiger partial charge in [0.25, 0.3) is 0 Å². The van der Waals surface area contributed by atoms with Gasteiger partial charge in [0.15, 0.2) is 4.34 Å². The summed E-state index contributed by atoms with van der Waals surface area (Å²) in [5, 5.41) is 0. The minimum Gasteiger partial charge on any atom is -0.399 e. The highest BCUT2D eigenvalue weighted by atomic mass is 32.2. The number of ether oxygens (including phenoxy) is 1. The summed E-state index contributed by atoms with van der Waals surface area (Å²) in [6.45, 7) is 6.07. The lowest BCUT2D eigenvalue weighted by Gasteiger charge is -2.05. The van der Waals surface area contributed by atoms with Gasteiger partial charge < -0.3 is 10.5 Å². The smallest absolute Gasteiger partial charge is 0.151 e. The van der Waals surface area contributed by atoms with E-state index in [-0.39, 0.29) is 0 Å². The number of nitrogens with zero attached hydrogens (tertiary/aromatic N) is 1. The molecule has 2 N–H and O–H groups in total. The molecule has 0 amide bonds. The van der Waals surface area contributed by atoms with Crippen LogP contribution in [0.1, 0.15) is 20.3 Å². The Morgan fingerprint density at radius 2 is 2.21 bits per heavy atom. The summed E-state index contributed by atoms with van der Waals surface area (Å²) in [7, 11) is 0. The summed E-state index contributed by atoms with van der Waals surface area (Å²) < 4.78 is 7.84. The number of fused-ring (bicyclic) bond motifs is 1. The van der Waals surface area contributed by atoms with Crippen LogP contribution in [0.4, 0.5) is 5.69 Å². The first kappa shape index (κ1) is 14.6. The van der Waals surface area contributed by atoms with Crippen molar-refractivity contribution in [2.24, 2.45) is 5.92 Å². The molecule has 0 unspecified atom stereocenters. The van der Waals surface area contributed by atoms with Crippen molar-refractivity contribution in [1.29, 1.82) is 0 Å². The van der Waals surface area contributed by atoms with Crippen LogP contribution in [0.25, 0.3) is 10.2 Å². The van der Waals surface area contributed by atoms with Crippen LogP contribution in [-0.4, -0.2) is 24.0 Å². The number of hydrogen-bond acceptors (Lipinski definition) is 5. The number of nitrogen functional groups attached to an aromatic ring is 1. The van der Waals surface area contributed by atoms with Crippen LogP contribution in [0.5, 0.6) is 0 Å². The molecule has 0 aliphatic carbocycles. The van der Waals surface area contributed by atoms with Gasteiger partial charge in [-0.25, -0.2) is 4.98 Å². The number of thiazole rings is 1. The van der Waals surface area contributed by atoms with Gasteiger partial charge in [0, 0.05) is 18.0 Å². The molecule has 0 aliphatic rings. The van der Waals surface area contributed by atoms with E-state index >= 15 is 0 Å². The second kappa shape index (κ2) is 7.12. The molecule has 19 heavy (non-hydrogen) atoms. The van der Waals surface area contributed by atoms with Gasteiger partial charge in [-0.1, -0.05) is 25.6 Å². The topological polar surface area (TPSA) is 48.1 Å². The molecule has 0 bridgehead atoms. The predicted molar refractivity (Wildman–Crippen MR) is 85.0 cm³/mol. The second-order valence-corrected chi connectivity index (χ2v) is 7.22. The molecule has 2 aromatic rings. The predicted octanol–water partition coefficient (Wildman–Crippen LogP) is 4.03. The van der Waals surface area contributed by atoms with Crippen molar-refractivity contribution >= 4 is 39.0 Å². The number of nitrogens with two attached hydrogens (primary N) is 1. The molecule has 0 fully saturated rings. The van der Waals surface area contributed by atoms with Crippen molar-refractivity contribution in [3.8, 4) is 0 Å². The van der Waals surface area contributed by atoms with Crippen molar-refractivity contribution in [1.82, 2.24) is 4.98 Å². The van der Waals surface area contributed by atoms with Crippen LogP contribution >= 0.6 is 23.1 Å². The second-order valence-electron chi connectivity index (χ2n) is 4.85. The molecule has 0 radical (unpaired) electrons. The lowest BCUT2D eigenvalue weighted by Crippen LogP contribution is -2.01. The van der Waals surface area contributed by atoms with Crippen LogP contribution in [0.15, 0.2) is 22.5 Å². The molecule has 1 heterocycles. The molecule has 5 heteroatoms. The molecule has 3 nitrogen and oxygen atoms in total. The fourth-order valence-electron chi connectivity index (χ4n) is 1.59. The Labute approximate surface area is 122 Å². The van der Waals surface area contributed by atoms with Crippen molar-refractivity contribution < 1.29 is 4.74 Å². The average molecular weight is 296 g/mol. The van der Waals surface area contributed by atoms with Crippen molar-refractivity contribution in [2.45, 2.75) is 24.6 Å². The van der Waals surface area contributed by atoms with Crippen LogP contribution < -0.4 is 5.73 Å². The monoisotopic (exact) mass is 296 g/mol. The van der Waals surface area contributed by atoms with E-state index in [1.807, 2.05) is 18.2 Å². The highest BCUT2D eigenvalue weighted by molar-refractivity contribution is 8.01. The normalized spacial score (nSPS) is 11.5. The van der Waals surface area contributed by atoms with E-state index in [2.05, 4.69) is 18.8 Å². The van der Waals surface area contributed by atoms with Gasteiger partial charge in [-0.05, 0) is 30.5 Å². The van der Waals surface area contributed by atoms with Crippen LogP contribution in [-0.2, 0) is 4.74 Å². The maximum absolute atomic E-state index is 5.76. The number of hydrogen-bond donors (Lipinski definition) is 1. The number of rotatable bonds is 7. The Hall–Kier alpha value is -0.780. The Bertz CT molecular complexity index is 525. The molecule has 0 saturated carbocycles. The van der Waals surface area contributed by atoms with Crippen molar-refractivity contribution in [2.75, 3.05) is 24.7 Å². The Morgan fingerprint density at radius 3 is 3.00 bits per heavy atom. The summed E-state index contributed by atoms with van der Waals surface area (Å²) in [6, 6.07) is 5.85. The minimum atomic E-state index is 0.711. The quantitative estimate of drug-likeness (QED) is 0.476. The highest BCUT2D eigenvalue weighted by Gasteiger charge is 2.04. The van der Waals surface area contributed by atoms with Gasteiger partial charge in [0.05, 0.1) is 16.8 Å². The molecule has 104 valence electrons. The molecule has 0 saturated heterocycles. The maximum Gasteiger partial charge on any atom is 0.151 e. The van der Waals surface area contributed by atoms with Crippen molar-refractivity contribution in [3.63, 3.8) is 0 Å². The molecule has 0 atom stereocenters. The minimum absolute atomic E-state index is 0.711. The van der Waals surface area contributed by atoms with E-state index in [9.17, 15) is 0 Å². The van der Waals surface area contributed by atoms with Gasteiger partial charge in [-0.3, -0.25) is 0 Å². The van der Waals surface area contributed by atoms with Gasteiger partial charge in [0.2, 0.25) is 0 Å². The van der Waals surface area contributed by atoms with Crippen LogP contribution in [0.3, 0.4) is 0 Å². The van der Waals surface area contributed by atoms with E-state index in [1.54, 1.807) is 23.1 Å². The number of benzene rings is 1. The zero-order valence-electron chi connectivity index (χ0n) is 11.4. The lowest BCUT2D eigenvalue weighted by molar-refractivity contribution is 0.138. The van der Waals surface area contributed by atoms with Gasteiger partial charge >= 0.3 is 0 Å². The summed E-state index contributed by atoms with van der Waals surface area (Å²) in [6.07, 6.45) is 1.13. The van der Waals surface area contributed by atoms with E-state index in [0.717, 1.165) is 45.6 Å². The van der Waals surface area contributed by atoms with Crippen LogP contribution in [0, 0.1) is 5.92 Å². The van der Waals surface area contributed by atoms with Gasteiger partial charge in [0.1, 0.15) is 0 Å². The van der Waals surface area contributed by atoms with Gasteiger partial charge in [-0.15, -0.1) is 11.3 Å². The first-order valence-corrected chi connectivity index (χ1v) is 8.32. The molecular weight excluding hydrogens is 276 g/mol. The molecule has 0 spiro atoms. The van der Waals surface area contributed by atoms with Gasteiger partial charge in [-0.2, -0.15) is 0 Å². The number of anilines is 1. The van der Waals surface area contributed by atoms with E-state index in [0.29, 0.717) is 5.92 Å². The van der Waals surface area contributed by atoms with Crippen LogP contribution in [0.2, 0.25) is 0 Å². The summed E-state index contributed by atoms with van der Waals surface area (Å²) >= 11 is 3.45. The Morgan fingerprint density at radius 1 is 1.37 bits per heavy atom. The lowest BCUT2D eigenvalue weighted by atomic mass is 10.1.